The number of benzene rings is 3. The molecular weight excluding hydrogens is 446 g/mol. The molecule has 9 heteroatoms. The SMILES string of the molecule is CC(C)[C@@H]1SC(=NN=Cc2c(OS(=O)(=O)c3ccccc3)ccc3ccccc23)NC1=O. The van der Waals surface area contributed by atoms with Gasteiger partial charge in [-0.15, -0.1) is 5.10 Å². The second kappa shape index (κ2) is 9.13. The number of nitrogens with one attached hydrogen (secondary N) is 1. The van der Waals surface area contributed by atoms with Gasteiger partial charge in [-0.25, -0.2) is 0 Å². The van der Waals surface area contributed by atoms with Crippen molar-refractivity contribution in [2.45, 2.75) is 24.0 Å². The first kappa shape index (κ1) is 22.0. The molecule has 0 radical (unpaired) electrons. The Labute approximate surface area is 190 Å². The van der Waals surface area contributed by atoms with E-state index in [0.29, 0.717) is 10.7 Å². The van der Waals surface area contributed by atoms with Gasteiger partial charge in [0.2, 0.25) is 5.91 Å². The van der Waals surface area contributed by atoms with Crippen LogP contribution in [0.5, 0.6) is 5.75 Å². The highest BCUT2D eigenvalue weighted by Crippen LogP contribution is 2.30. The van der Waals surface area contributed by atoms with Crippen molar-refractivity contribution in [3.8, 4) is 5.75 Å². The average Bonchev–Trinajstić information content (AvgIpc) is 3.16. The van der Waals surface area contributed by atoms with Gasteiger partial charge in [-0.3, -0.25) is 4.79 Å². The molecule has 3 aromatic carbocycles. The van der Waals surface area contributed by atoms with Crippen molar-refractivity contribution in [1.29, 1.82) is 0 Å². The predicted octanol–water partition coefficient (Wildman–Crippen LogP) is 4.19. The zero-order chi connectivity index (χ0) is 22.7. The van der Waals surface area contributed by atoms with Crippen LogP contribution in [0, 0.1) is 5.92 Å². The molecule has 3 aromatic rings. The molecule has 1 fully saturated rings. The monoisotopic (exact) mass is 467 g/mol. The summed E-state index contributed by atoms with van der Waals surface area (Å²) >= 11 is 1.33. The Morgan fingerprint density at radius 1 is 1.03 bits per heavy atom. The number of carbonyl (C=O) groups is 1. The fraction of sp³-hybridized carbons (Fsp3) is 0.174. The Morgan fingerprint density at radius 3 is 2.47 bits per heavy atom. The lowest BCUT2D eigenvalue weighted by Crippen LogP contribution is -2.27. The molecule has 1 atom stereocenters. The highest BCUT2D eigenvalue weighted by molar-refractivity contribution is 8.15. The van der Waals surface area contributed by atoms with E-state index >= 15 is 0 Å². The number of amidine groups is 1. The second-order valence-corrected chi connectivity index (χ2v) is 10.1. The molecule has 1 saturated heterocycles. The summed E-state index contributed by atoms with van der Waals surface area (Å²) in [5.74, 6) is 0.208. The van der Waals surface area contributed by atoms with Gasteiger partial charge < -0.3 is 9.50 Å². The van der Waals surface area contributed by atoms with E-state index in [2.05, 4.69) is 15.5 Å². The summed E-state index contributed by atoms with van der Waals surface area (Å²) in [4.78, 5) is 12.1. The van der Waals surface area contributed by atoms with E-state index in [1.54, 1.807) is 30.3 Å². The van der Waals surface area contributed by atoms with Crippen LogP contribution in [0.2, 0.25) is 0 Å². The van der Waals surface area contributed by atoms with Gasteiger partial charge in [0.1, 0.15) is 4.90 Å². The van der Waals surface area contributed by atoms with Crippen LogP contribution in [0.1, 0.15) is 19.4 Å². The van der Waals surface area contributed by atoms with Crippen LogP contribution >= 0.6 is 11.8 Å². The quantitative estimate of drug-likeness (QED) is 0.333. The van der Waals surface area contributed by atoms with E-state index < -0.39 is 10.1 Å². The first-order valence-electron chi connectivity index (χ1n) is 9.95. The predicted molar refractivity (Wildman–Crippen MR) is 128 cm³/mol. The van der Waals surface area contributed by atoms with E-state index in [4.69, 9.17) is 4.18 Å². The first-order valence-corrected chi connectivity index (χ1v) is 12.2. The number of thioether (sulfide) groups is 1. The summed E-state index contributed by atoms with van der Waals surface area (Å²) in [5.41, 5.74) is 0.474. The summed E-state index contributed by atoms with van der Waals surface area (Å²) in [7, 11) is -4.03. The third-order valence-corrected chi connectivity index (χ3v) is 7.50. The van der Waals surface area contributed by atoms with Crippen molar-refractivity contribution in [2.75, 3.05) is 0 Å². The second-order valence-electron chi connectivity index (χ2n) is 7.47. The topological polar surface area (TPSA) is 97.2 Å². The molecule has 7 nitrogen and oxygen atoms in total. The van der Waals surface area contributed by atoms with Crippen molar-refractivity contribution in [2.24, 2.45) is 16.1 Å². The number of fused-ring (bicyclic) bond motifs is 1. The minimum atomic E-state index is -4.03. The minimum absolute atomic E-state index is 0.0566. The van der Waals surface area contributed by atoms with Crippen LogP contribution in [-0.4, -0.2) is 31.0 Å². The maximum Gasteiger partial charge on any atom is 0.339 e. The van der Waals surface area contributed by atoms with Gasteiger partial charge in [-0.2, -0.15) is 13.5 Å². The van der Waals surface area contributed by atoms with Crippen molar-refractivity contribution in [3.05, 3.63) is 72.3 Å². The highest BCUT2D eigenvalue weighted by Gasteiger charge is 2.32. The molecule has 4 rings (SSSR count). The van der Waals surface area contributed by atoms with Gasteiger partial charge in [-0.1, -0.05) is 74.1 Å². The minimum Gasteiger partial charge on any atom is -0.378 e. The third-order valence-electron chi connectivity index (χ3n) is 4.83. The van der Waals surface area contributed by atoms with Crippen LogP contribution in [0.15, 0.2) is 81.8 Å². The molecule has 0 bridgehead atoms. The van der Waals surface area contributed by atoms with Crippen molar-refractivity contribution >= 4 is 49.9 Å². The lowest BCUT2D eigenvalue weighted by atomic mass is 10.0. The van der Waals surface area contributed by atoms with Crippen LogP contribution in [0.4, 0.5) is 0 Å². The first-order chi connectivity index (χ1) is 15.3. The molecule has 0 aromatic heterocycles. The van der Waals surface area contributed by atoms with Crippen LogP contribution < -0.4 is 9.50 Å². The van der Waals surface area contributed by atoms with Crippen LogP contribution in [0.25, 0.3) is 10.8 Å². The van der Waals surface area contributed by atoms with Crippen molar-refractivity contribution in [3.63, 3.8) is 0 Å². The molecule has 1 N–H and O–H groups in total. The number of carbonyl (C=O) groups excluding carboxylic acids is 1. The molecule has 1 amide bonds. The standard InChI is InChI=1S/C23H21N3O4S2/c1-15(2)21-22(27)25-23(31-21)26-24-14-19-18-11-7-6-8-16(18)12-13-20(19)30-32(28,29)17-9-4-3-5-10-17/h3-15,21H,1-2H3,(H,25,26,27)/t21-/m0/s1. The highest BCUT2D eigenvalue weighted by atomic mass is 32.2. The number of amides is 1. The number of hydrogen-bond acceptors (Lipinski definition) is 7. The smallest absolute Gasteiger partial charge is 0.339 e. The van der Waals surface area contributed by atoms with Gasteiger partial charge in [0.15, 0.2) is 10.9 Å². The van der Waals surface area contributed by atoms with Crippen molar-refractivity contribution < 1.29 is 17.4 Å². The van der Waals surface area contributed by atoms with Gasteiger partial charge in [0.25, 0.3) is 0 Å². The van der Waals surface area contributed by atoms with E-state index in [1.165, 1.54) is 30.1 Å². The third kappa shape index (κ3) is 4.68. The van der Waals surface area contributed by atoms with Crippen LogP contribution in [-0.2, 0) is 14.9 Å². The Balaban J connectivity index is 1.69. The summed E-state index contributed by atoms with van der Waals surface area (Å²) in [6.07, 6.45) is 1.45. The molecule has 1 aliphatic rings. The zero-order valence-electron chi connectivity index (χ0n) is 17.4. The van der Waals surface area contributed by atoms with E-state index in [1.807, 2.05) is 38.1 Å². The van der Waals surface area contributed by atoms with Gasteiger partial charge in [0, 0.05) is 5.56 Å². The Bertz CT molecular complexity index is 1320. The average molecular weight is 468 g/mol. The largest absolute Gasteiger partial charge is 0.378 e. The summed E-state index contributed by atoms with van der Waals surface area (Å²) in [6, 6.07) is 18.8. The Morgan fingerprint density at radius 2 is 1.75 bits per heavy atom. The fourth-order valence-electron chi connectivity index (χ4n) is 3.24. The van der Waals surface area contributed by atoms with Gasteiger partial charge in [-0.05, 0) is 34.9 Å². The van der Waals surface area contributed by atoms with E-state index in [0.717, 1.165) is 10.8 Å². The normalized spacial score (nSPS) is 18.0. The fourth-order valence-corrected chi connectivity index (χ4v) is 5.14. The van der Waals surface area contributed by atoms with Crippen molar-refractivity contribution in [1.82, 2.24) is 5.32 Å². The van der Waals surface area contributed by atoms with E-state index in [9.17, 15) is 13.2 Å². The number of hydrogen-bond donors (Lipinski definition) is 1. The summed E-state index contributed by atoms with van der Waals surface area (Å²) in [6.45, 7) is 3.94. The van der Waals surface area contributed by atoms with Crippen LogP contribution in [0.3, 0.4) is 0 Å². The molecule has 32 heavy (non-hydrogen) atoms. The van der Waals surface area contributed by atoms with E-state index in [-0.39, 0.29) is 27.7 Å². The van der Waals surface area contributed by atoms with Gasteiger partial charge >= 0.3 is 10.1 Å². The maximum atomic E-state index is 12.8. The van der Waals surface area contributed by atoms with Gasteiger partial charge in [0.05, 0.1) is 11.5 Å². The molecular formula is C23H21N3O4S2. The molecule has 0 spiro atoms. The lowest BCUT2D eigenvalue weighted by Gasteiger charge is -2.11. The molecule has 0 saturated carbocycles. The summed E-state index contributed by atoms with van der Waals surface area (Å²) < 4.78 is 31.0. The number of nitrogens with zero attached hydrogens (tertiary/aromatic N) is 2. The molecule has 0 unspecified atom stereocenters. The Hall–Kier alpha value is -3.17. The zero-order valence-corrected chi connectivity index (χ0v) is 19.1. The lowest BCUT2D eigenvalue weighted by molar-refractivity contribution is -0.119. The molecule has 1 heterocycles. The molecule has 0 aliphatic carbocycles. The molecule has 164 valence electrons. The molecule has 1 aliphatic heterocycles. The number of rotatable bonds is 6. The Kier molecular flexibility index (Phi) is 6.29. The maximum absolute atomic E-state index is 12.8. The summed E-state index contributed by atoms with van der Waals surface area (Å²) in [5, 5.41) is 12.8.